The van der Waals surface area contributed by atoms with Gasteiger partial charge in [0.25, 0.3) is 0 Å². The molecule has 0 aliphatic rings. The fraction of sp³-hybridized carbons (Fsp3) is 0. The molecule has 0 atom stereocenters. The van der Waals surface area contributed by atoms with Crippen LogP contribution in [-0.2, 0) is 0 Å². The monoisotopic (exact) mass is 303 g/mol. The highest BCUT2D eigenvalue weighted by Crippen LogP contribution is 2.22. The van der Waals surface area contributed by atoms with E-state index < -0.39 is 0 Å². The lowest BCUT2D eigenvalue weighted by atomic mass is 10.3. The number of pyridine rings is 1. The third-order valence-electron chi connectivity index (χ3n) is 3.27. The van der Waals surface area contributed by atoms with E-state index in [4.69, 9.17) is 0 Å². The highest BCUT2D eigenvalue weighted by molar-refractivity contribution is 5.88. The minimum atomic E-state index is 0.517. The van der Waals surface area contributed by atoms with E-state index in [-0.39, 0.29) is 0 Å². The van der Waals surface area contributed by atoms with Gasteiger partial charge in [-0.15, -0.1) is 0 Å². The average molecular weight is 303 g/mol. The number of benzene rings is 1. The normalized spacial score (nSPS) is 10.6. The molecule has 112 valence electrons. The molecule has 0 radical (unpaired) electrons. The van der Waals surface area contributed by atoms with Gasteiger partial charge in [-0.2, -0.15) is 10.1 Å². The first kappa shape index (κ1) is 13.2. The summed E-state index contributed by atoms with van der Waals surface area (Å²) in [5.41, 5.74) is 1.59. The maximum absolute atomic E-state index is 4.45. The molecule has 0 amide bonds. The summed E-state index contributed by atoms with van der Waals surface area (Å²) in [6.45, 7) is 0. The summed E-state index contributed by atoms with van der Waals surface area (Å²) < 4.78 is 0. The quantitative estimate of drug-likeness (QED) is 0.536. The van der Waals surface area contributed by atoms with Crippen molar-refractivity contribution in [2.24, 2.45) is 0 Å². The second-order valence-electron chi connectivity index (χ2n) is 4.85. The topological polar surface area (TPSA) is 91.4 Å². The molecular weight excluding hydrogens is 290 g/mol. The summed E-state index contributed by atoms with van der Waals surface area (Å²) >= 11 is 0. The molecule has 23 heavy (non-hydrogen) atoms. The molecule has 0 fully saturated rings. The Morgan fingerprint density at radius 2 is 1.74 bits per heavy atom. The van der Waals surface area contributed by atoms with Crippen LogP contribution in [0.25, 0.3) is 11.0 Å². The highest BCUT2D eigenvalue weighted by Gasteiger charge is 2.07. The zero-order valence-corrected chi connectivity index (χ0v) is 12.1. The first-order chi connectivity index (χ1) is 11.4. The zero-order valence-electron chi connectivity index (χ0n) is 12.1. The molecule has 0 unspecified atom stereocenters. The van der Waals surface area contributed by atoms with Crippen LogP contribution in [0, 0.1) is 0 Å². The van der Waals surface area contributed by atoms with Gasteiger partial charge in [0.2, 0.25) is 5.95 Å². The van der Waals surface area contributed by atoms with Crippen LogP contribution in [0.1, 0.15) is 0 Å². The lowest BCUT2D eigenvalue weighted by Crippen LogP contribution is -2.00. The number of para-hydroxylation sites is 1. The lowest BCUT2D eigenvalue weighted by Gasteiger charge is -2.07. The van der Waals surface area contributed by atoms with Gasteiger partial charge in [0.15, 0.2) is 5.65 Å². The van der Waals surface area contributed by atoms with Crippen molar-refractivity contribution in [2.75, 3.05) is 10.6 Å². The number of H-pyrrole nitrogens is 1. The Morgan fingerprint density at radius 1 is 0.826 bits per heavy atom. The largest absolute Gasteiger partial charge is 0.325 e. The third kappa shape index (κ3) is 2.80. The number of hydrogen-bond donors (Lipinski definition) is 3. The fourth-order valence-electron chi connectivity index (χ4n) is 2.21. The van der Waals surface area contributed by atoms with Crippen LogP contribution in [0.3, 0.4) is 0 Å². The van der Waals surface area contributed by atoms with Gasteiger partial charge in [0.1, 0.15) is 11.6 Å². The van der Waals surface area contributed by atoms with Gasteiger partial charge in [-0.25, -0.2) is 9.97 Å². The molecule has 1 aromatic carbocycles. The van der Waals surface area contributed by atoms with Gasteiger partial charge in [-0.3, -0.25) is 5.10 Å². The smallest absolute Gasteiger partial charge is 0.229 e. The van der Waals surface area contributed by atoms with Crippen LogP contribution in [0.4, 0.5) is 23.3 Å². The molecule has 3 aromatic heterocycles. The van der Waals surface area contributed by atoms with Crippen LogP contribution in [0.15, 0.2) is 60.9 Å². The summed E-state index contributed by atoms with van der Waals surface area (Å²) in [5, 5.41) is 14.3. The van der Waals surface area contributed by atoms with Gasteiger partial charge in [-0.05, 0) is 30.3 Å². The van der Waals surface area contributed by atoms with Crippen molar-refractivity contribution in [1.82, 2.24) is 25.1 Å². The highest BCUT2D eigenvalue weighted by atomic mass is 15.2. The maximum Gasteiger partial charge on any atom is 0.229 e. The Kier molecular flexibility index (Phi) is 3.28. The van der Waals surface area contributed by atoms with Crippen molar-refractivity contribution in [2.45, 2.75) is 0 Å². The standard InChI is InChI=1S/C16H13N7/c1-2-5-11(6-3-1)19-16-18-10-8-13(21-16)20-15-12-7-4-9-17-14(12)22-23-15/h1-10H,(H3,17,18,19,20,21,22,23). The first-order valence-corrected chi connectivity index (χ1v) is 7.10. The van der Waals surface area contributed by atoms with Crippen molar-refractivity contribution in [3.8, 4) is 0 Å². The Balaban J connectivity index is 1.59. The van der Waals surface area contributed by atoms with Crippen LogP contribution in [0.5, 0.6) is 0 Å². The fourth-order valence-corrected chi connectivity index (χ4v) is 2.21. The molecule has 3 N–H and O–H groups in total. The van der Waals surface area contributed by atoms with E-state index in [0.29, 0.717) is 17.4 Å². The van der Waals surface area contributed by atoms with Crippen molar-refractivity contribution in [3.05, 3.63) is 60.9 Å². The van der Waals surface area contributed by atoms with E-state index in [1.54, 1.807) is 18.5 Å². The predicted octanol–water partition coefficient (Wildman–Crippen LogP) is 3.24. The number of rotatable bonds is 4. The summed E-state index contributed by atoms with van der Waals surface area (Å²) in [6, 6.07) is 15.4. The number of anilines is 4. The second kappa shape index (κ2) is 5.72. The molecule has 4 rings (SSSR count). The second-order valence-corrected chi connectivity index (χ2v) is 4.85. The van der Waals surface area contributed by atoms with Crippen molar-refractivity contribution < 1.29 is 0 Å². The number of aromatic amines is 1. The van der Waals surface area contributed by atoms with Gasteiger partial charge < -0.3 is 10.6 Å². The molecular formula is C16H13N7. The molecule has 3 heterocycles. The summed E-state index contributed by atoms with van der Waals surface area (Å²) in [4.78, 5) is 12.9. The van der Waals surface area contributed by atoms with Gasteiger partial charge in [-0.1, -0.05) is 18.2 Å². The van der Waals surface area contributed by atoms with Crippen LogP contribution in [0.2, 0.25) is 0 Å². The number of fused-ring (bicyclic) bond motifs is 1. The molecule has 0 aliphatic carbocycles. The molecule has 4 aromatic rings. The molecule has 7 heteroatoms. The van der Waals surface area contributed by atoms with E-state index in [1.807, 2.05) is 42.5 Å². The minimum Gasteiger partial charge on any atom is -0.325 e. The summed E-state index contributed by atoms with van der Waals surface area (Å²) in [5.74, 6) is 1.92. The number of nitrogens with one attached hydrogen (secondary N) is 3. The van der Waals surface area contributed by atoms with Crippen molar-refractivity contribution >= 4 is 34.3 Å². The number of nitrogens with zero attached hydrogens (tertiary/aromatic N) is 4. The summed E-state index contributed by atoms with van der Waals surface area (Å²) in [7, 11) is 0. The average Bonchev–Trinajstić information content (AvgIpc) is 2.99. The molecule has 0 bridgehead atoms. The first-order valence-electron chi connectivity index (χ1n) is 7.10. The van der Waals surface area contributed by atoms with Crippen LogP contribution >= 0.6 is 0 Å². The van der Waals surface area contributed by atoms with Crippen molar-refractivity contribution in [1.29, 1.82) is 0 Å². The zero-order chi connectivity index (χ0) is 15.5. The Morgan fingerprint density at radius 3 is 2.65 bits per heavy atom. The van der Waals surface area contributed by atoms with Crippen LogP contribution in [-0.4, -0.2) is 25.1 Å². The van der Waals surface area contributed by atoms with E-state index in [0.717, 1.165) is 16.9 Å². The molecule has 0 saturated carbocycles. The number of aromatic nitrogens is 5. The maximum atomic E-state index is 4.45. The minimum absolute atomic E-state index is 0.517. The molecule has 0 aliphatic heterocycles. The van der Waals surface area contributed by atoms with Crippen LogP contribution < -0.4 is 10.6 Å². The van der Waals surface area contributed by atoms with E-state index in [9.17, 15) is 0 Å². The SMILES string of the molecule is c1ccc(Nc2nccc(Nc3[nH]nc4ncccc34)n2)cc1. The molecule has 0 saturated heterocycles. The predicted molar refractivity (Wildman–Crippen MR) is 88.9 cm³/mol. The number of hydrogen-bond acceptors (Lipinski definition) is 6. The van der Waals surface area contributed by atoms with E-state index in [1.165, 1.54) is 0 Å². The van der Waals surface area contributed by atoms with E-state index in [2.05, 4.69) is 35.8 Å². The van der Waals surface area contributed by atoms with Gasteiger partial charge in [0, 0.05) is 18.1 Å². The molecule has 0 spiro atoms. The lowest BCUT2D eigenvalue weighted by molar-refractivity contribution is 1.09. The summed E-state index contributed by atoms with van der Waals surface area (Å²) in [6.07, 6.45) is 3.40. The Hall–Kier alpha value is -3.48. The van der Waals surface area contributed by atoms with E-state index >= 15 is 0 Å². The Bertz CT molecular complexity index is 933. The van der Waals surface area contributed by atoms with Gasteiger partial charge in [0.05, 0.1) is 5.39 Å². The van der Waals surface area contributed by atoms with Gasteiger partial charge >= 0.3 is 0 Å². The Labute approximate surface area is 131 Å². The van der Waals surface area contributed by atoms with Crippen molar-refractivity contribution in [3.63, 3.8) is 0 Å². The molecule has 7 nitrogen and oxygen atoms in total. The third-order valence-corrected chi connectivity index (χ3v) is 3.27.